The molecule has 0 radical (unpaired) electrons. The molecule has 0 atom stereocenters. The van der Waals surface area contributed by atoms with Crippen LogP contribution in [-0.2, 0) is 11.2 Å². The maximum absolute atomic E-state index is 13.3. The average molecular weight is 368 g/mol. The number of hydrogen-bond donors (Lipinski definition) is 2. The molecule has 26 heavy (non-hydrogen) atoms. The van der Waals surface area contributed by atoms with E-state index >= 15 is 0 Å². The van der Waals surface area contributed by atoms with E-state index in [9.17, 15) is 14.0 Å². The monoisotopic (exact) mass is 368 g/mol. The summed E-state index contributed by atoms with van der Waals surface area (Å²) in [5.74, 6) is -1.33. The molecular weight excluding hydrogens is 351 g/mol. The molecule has 3 N–H and O–H groups in total. The van der Waals surface area contributed by atoms with Gasteiger partial charge < -0.3 is 11.1 Å². The number of benzene rings is 2. The fourth-order valence-electron chi connectivity index (χ4n) is 2.82. The van der Waals surface area contributed by atoms with Crippen LogP contribution in [0.5, 0.6) is 0 Å². The third-order valence-electron chi connectivity index (χ3n) is 3.90. The van der Waals surface area contributed by atoms with Crippen molar-refractivity contribution in [2.24, 2.45) is 5.73 Å². The van der Waals surface area contributed by atoms with E-state index in [1.807, 2.05) is 37.3 Å². The number of aryl methyl sites for hydroxylation is 1. The molecule has 3 aromatic rings. The summed E-state index contributed by atoms with van der Waals surface area (Å²) in [4.78, 5) is 25.3. The van der Waals surface area contributed by atoms with Gasteiger partial charge in [0.25, 0.3) is 5.91 Å². The molecule has 0 saturated heterocycles. The van der Waals surface area contributed by atoms with Crippen molar-refractivity contribution in [3.05, 3.63) is 76.4 Å². The Morgan fingerprint density at radius 1 is 1.12 bits per heavy atom. The van der Waals surface area contributed by atoms with Gasteiger partial charge in [0.1, 0.15) is 10.8 Å². The lowest BCUT2D eigenvalue weighted by Crippen LogP contribution is -2.18. The van der Waals surface area contributed by atoms with Crippen LogP contribution in [0.4, 0.5) is 9.39 Å². The normalized spacial score (nSPS) is 10.5. The van der Waals surface area contributed by atoms with E-state index in [0.29, 0.717) is 16.1 Å². The fourth-order valence-corrected chi connectivity index (χ4v) is 3.92. The van der Waals surface area contributed by atoms with Crippen LogP contribution in [0.1, 0.15) is 20.8 Å². The van der Waals surface area contributed by atoms with Crippen molar-refractivity contribution in [2.75, 3.05) is 5.32 Å². The van der Waals surface area contributed by atoms with Gasteiger partial charge in [-0.1, -0.05) is 42.5 Å². The Bertz CT molecular complexity index is 967. The number of carbonyl (C=O) groups is 2. The van der Waals surface area contributed by atoms with Crippen molar-refractivity contribution in [2.45, 2.75) is 13.3 Å². The van der Waals surface area contributed by atoms with E-state index in [2.05, 4.69) is 5.32 Å². The molecule has 0 aliphatic carbocycles. The lowest BCUT2D eigenvalue weighted by molar-refractivity contribution is -0.115. The van der Waals surface area contributed by atoms with E-state index in [1.165, 1.54) is 23.5 Å². The molecule has 0 spiro atoms. The molecule has 0 saturated carbocycles. The van der Waals surface area contributed by atoms with Gasteiger partial charge in [-0.3, -0.25) is 9.59 Å². The third kappa shape index (κ3) is 3.81. The maximum Gasteiger partial charge on any atom is 0.252 e. The summed E-state index contributed by atoms with van der Waals surface area (Å²) in [6, 6.07) is 15.3. The van der Waals surface area contributed by atoms with E-state index < -0.39 is 11.7 Å². The van der Waals surface area contributed by atoms with Gasteiger partial charge in [0.05, 0.1) is 12.0 Å². The zero-order chi connectivity index (χ0) is 18.7. The SMILES string of the molecule is Cc1sc(NC(=O)Cc2cccc(F)c2)c(C(N)=O)c1-c1ccccc1. The molecule has 1 heterocycles. The van der Waals surface area contributed by atoms with Gasteiger partial charge in [-0.15, -0.1) is 11.3 Å². The molecule has 0 fully saturated rings. The number of hydrogen-bond acceptors (Lipinski definition) is 3. The molecule has 4 nitrogen and oxygen atoms in total. The molecule has 0 aliphatic heterocycles. The van der Waals surface area contributed by atoms with Gasteiger partial charge >= 0.3 is 0 Å². The van der Waals surface area contributed by atoms with Crippen LogP contribution in [0.15, 0.2) is 54.6 Å². The fraction of sp³-hybridized carbons (Fsp3) is 0.100. The lowest BCUT2D eigenvalue weighted by Gasteiger charge is -2.07. The van der Waals surface area contributed by atoms with E-state index in [1.54, 1.807) is 12.1 Å². The van der Waals surface area contributed by atoms with Gasteiger partial charge in [0.15, 0.2) is 0 Å². The van der Waals surface area contributed by atoms with Crippen molar-refractivity contribution < 1.29 is 14.0 Å². The largest absolute Gasteiger partial charge is 0.365 e. The molecule has 132 valence electrons. The molecule has 3 rings (SSSR count). The zero-order valence-corrected chi connectivity index (χ0v) is 14.9. The number of primary amides is 1. The van der Waals surface area contributed by atoms with Crippen molar-refractivity contribution in [3.8, 4) is 11.1 Å². The first-order valence-corrected chi connectivity index (χ1v) is 8.80. The highest BCUT2D eigenvalue weighted by Gasteiger charge is 2.22. The molecule has 0 unspecified atom stereocenters. The van der Waals surface area contributed by atoms with Crippen LogP contribution in [0.3, 0.4) is 0 Å². The second kappa shape index (κ2) is 7.49. The Hall–Kier alpha value is -2.99. The molecule has 6 heteroatoms. The molecular formula is C20H17FN2O2S. The quantitative estimate of drug-likeness (QED) is 0.710. The Kier molecular flexibility index (Phi) is 5.14. The lowest BCUT2D eigenvalue weighted by atomic mass is 10.0. The summed E-state index contributed by atoms with van der Waals surface area (Å²) in [5.41, 5.74) is 8.02. The minimum absolute atomic E-state index is 0.00752. The standard InChI is InChI=1S/C20H17FN2O2S/c1-12-17(14-7-3-2-4-8-14)18(19(22)25)20(26-12)23-16(24)11-13-6-5-9-15(21)10-13/h2-10H,11H2,1H3,(H2,22,25)(H,23,24). The predicted molar refractivity (Wildman–Crippen MR) is 102 cm³/mol. The van der Waals surface area contributed by atoms with Crippen molar-refractivity contribution in [1.82, 2.24) is 0 Å². The van der Waals surface area contributed by atoms with Gasteiger partial charge in [-0.25, -0.2) is 4.39 Å². The summed E-state index contributed by atoms with van der Waals surface area (Å²) in [7, 11) is 0. The summed E-state index contributed by atoms with van der Waals surface area (Å²) in [5, 5.41) is 3.16. The minimum Gasteiger partial charge on any atom is -0.365 e. The molecule has 1 aromatic heterocycles. The Morgan fingerprint density at radius 2 is 1.85 bits per heavy atom. The topological polar surface area (TPSA) is 72.2 Å². The van der Waals surface area contributed by atoms with Gasteiger partial charge in [0, 0.05) is 10.4 Å². The van der Waals surface area contributed by atoms with Crippen LogP contribution in [0.25, 0.3) is 11.1 Å². The number of nitrogens with two attached hydrogens (primary N) is 1. The van der Waals surface area contributed by atoms with Crippen LogP contribution in [0, 0.1) is 12.7 Å². The van der Waals surface area contributed by atoms with Crippen molar-refractivity contribution in [1.29, 1.82) is 0 Å². The number of anilines is 1. The summed E-state index contributed by atoms with van der Waals surface area (Å²) < 4.78 is 13.3. The maximum atomic E-state index is 13.3. The first-order valence-electron chi connectivity index (χ1n) is 7.98. The Balaban J connectivity index is 1.91. The predicted octanol–water partition coefficient (Wildman–Crippen LogP) is 4.14. The van der Waals surface area contributed by atoms with Crippen molar-refractivity contribution >= 4 is 28.2 Å². The molecule has 0 aliphatic rings. The first kappa shape index (κ1) is 17.8. The number of carbonyl (C=O) groups excluding carboxylic acids is 2. The third-order valence-corrected chi connectivity index (χ3v) is 4.92. The van der Waals surface area contributed by atoms with Crippen LogP contribution < -0.4 is 11.1 Å². The highest BCUT2D eigenvalue weighted by Crippen LogP contribution is 2.39. The van der Waals surface area contributed by atoms with Gasteiger partial charge in [0.2, 0.25) is 5.91 Å². The number of rotatable bonds is 5. The summed E-state index contributed by atoms with van der Waals surface area (Å²) in [6.45, 7) is 1.88. The van der Waals surface area contributed by atoms with E-state index in [-0.39, 0.29) is 12.3 Å². The van der Waals surface area contributed by atoms with Crippen LogP contribution in [0.2, 0.25) is 0 Å². The van der Waals surface area contributed by atoms with Gasteiger partial charge in [-0.05, 0) is 30.2 Å². The molecule has 0 bridgehead atoms. The highest BCUT2D eigenvalue weighted by atomic mass is 32.1. The second-order valence-electron chi connectivity index (χ2n) is 5.82. The number of thiophene rings is 1. The Morgan fingerprint density at radius 3 is 2.50 bits per heavy atom. The average Bonchev–Trinajstić information content (AvgIpc) is 2.91. The number of nitrogens with one attached hydrogen (secondary N) is 1. The summed E-state index contributed by atoms with van der Waals surface area (Å²) in [6.07, 6.45) is 0.00752. The van der Waals surface area contributed by atoms with E-state index in [0.717, 1.165) is 16.0 Å². The number of halogens is 1. The molecule has 2 aromatic carbocycles. The van der Waals surface area contributed by atoms with Crippen molar-refractivity contribution in [3.63, 3.8) is 0 Å². The van der Waals surface area contributed by atoms with E-state index in [4.69, 9.17) is 5.73 Å². The first-order chi connectivity index (χ1) is 12.5. The van der Waals surface area contributed by atoms with Gasteiger partial charge in [-0.2, -0.15) is 0 Å². The second-order valence-corrected chi connectivity index (χ2v) is 7.05. The molecule has 2 amide bonds. The zero-order valence-electron chi connectivity index (χ0n) is 14.1. The highest BCUT2D eigenvalue weighted by molar-refractivity contribution is 7.17. The smallest absolute Gasteiger partial charge is 0.252 e. The minimum atomic E-state index is -0.603. The van der Waals surface area contributed by atoms with Crippen LogP contribution >= 0.6 is 11.3 Å². The van der Waals surface area contributed by atoms with Crippen LogP contribution in [-0.4, -0.2) is 11.8 Å². The Labute approximate surface area is 154 Å². The summed E-state index contributed by atoms with van der Waals surface area (Å²) >= 11 is 1.30. The number of amides is 2.